The van der Waals surface area contributed by atoms with Crippen molar-refractivity contribution in [3.05, 3.63) is 35.9 Å². The number of rotatable bonds is 2. The molecule has 1 N–H and O–H groups in total. The molecule has 0 aliphatic carbocycles. The van der Waals surface area contributed by atoms with Gasteiger partial charge in [-0.15, -0.1) is 11.8 Å². The molecule has 0 unspecified atom stereocenters. The number of carboxylic acid groups (broad SMARTS) is 1. The van der Waals surface area contributed by atoms with Crippen molar-refractivity contribution in [2.75, 3.05) is 0 Å². The highest BCUT2D eigenvalue weighted by Crippen LogP contribution is 2.32. The maximum Gasteiger partial charge on any atom is 0.336 e. The van der Waals surface area contributed by atoms with Crippen LogP contribution in [0.25, 0.3) is 10.9 Å². The number of carboxylic acids is 1. The molecule has 94 valence electrons. The van der Waals surface area contributed by atoms with Crippen molar-refractivity contribution in [2.24, 2.45) is 0 Å². The fourth-order valence-corrected chi connectivity index (χ4v) is 2.64. The molecular weight excluding hydrogens is 246 g/mol. The number of benzene rings is 1. The van der Waals surface area contributed by atoms with Crippen molar-refractivity contribution in [1.82, 2.24) is 4.98 Å². The maximum absolute atomic E-state index is 11.3. The Bertz CT molecular complexity index is 602. The van der Waals surface area contributed by atoms with E-state index in [-0.39, 0.29) is 4.75 Å². The van der Waals surface area contributed by atoms with E-state index in [4.69, 9.17) is 0 Å². The summed E-state index contributed by atoms with van der Waals surface area (Å²) >= 11 is 1.57. The van der Waals surface area contributed by atoms with Crippen LogP contribution in [0.1, 0.15) is 31.1 Å². The largest absolute Gasteiger partial charge is 0.478 e. The van der Waals surface area contributed by atoms with Gasteiger partial charge < -0.3 is 5.11 Å². The summed E-state index contributed by atoms with van der Waals surface area (Å²) in [6, 6.07) is 8.98. The summed E-state index contributed by atoms with van der Waals surface area (Å²) in [6.07, 6.45) is 0. The molecule has 0 aliphatic rings. The van der Waals surface area contributed by atoms with Gasteiger partial charge in [0.05, 0.1) is 16.1 Å². The van der Waals surface area contributed by atoms with Crippen LogP contribution in [0, 0.1) is 0 Å². The predicted molar refractivity (Wildman–Crippen MR) is 74.3 cm³/mol. The molecule has 1 heterocycles. The average Bonchev–Trinajstić information content (AvgIpc) is 2.25. The molecule has 4 heteroatoms. The van der Waals surface area contributed by atoms with E-state index in [1.54, 1.807) is 23.9 Å². The molecule has 0 atom stereocenters. The molecule has 0 saturated carbocycles. The van der Waals surface area contributed by atoms with Gasteiger partial charge in [-0.05, 0) is 12.1 Å². The first-order valence-electron chi connectivity index (χ1n) is 5.69. The monoisotopic (exact) mass is 261 g/mol. The number of thioether (sulfide) groups is 1. The Hall–Kier alpha value is -1.55. The van der Waals surface area contributed by atoms with Crippen molar-refractivity contribution >= 4 is 28.6 Å². The van der Waals surface area contributed by atoms with Crippen molar-refractivity contribution in [2.45, 2.75) is 30.5 Å². The van der Waals surface area contributed by atoms with Gasteiger partial charge in [-0.2, -0.15) is 0 Å². The minimum Gasteiger partial charge on any atom is -0.478 e. The van der Waals surface area contributed by atoms with E-state index in [1.807, 2.05) is 18.2 Å². The van der Waals surface area contributed by atoms with E-state index < -0.39 is 5.97 Å². The first-order valence-corrected chi connectivity index (χ1v) is 6.50. The van der Waals surface area contributed by atoms with Gasteiger partial charge >= 0.3 is 5.97 Å². The third-order valence-corrected chi connectivity index (χ3v) is 3.36. The standard InChI is InChI=1S/C14H15NO2S/c1-14(2,3)18-12-8-10(13(16)17)9-6-4-5-7-11(9)15-12/h4-8H,1-3H3,(H,16,17). The van der Waals surface area contributed by atoms with E-state index in [9.17, 15) is 9.90 Å². The van der Waals surface area contributed by atoms with E-state index in [0.717, 1.165) is 10.5 Å². The number of aromatic carboxylic acids is 1. The van der Waals surface area contributed by atoms with Crippen LogP contribution in [-0.2, 0) is 0 Å². The van der Waals surface area contributed by atoms with Crippen molar-refractivity contribution < 1.29 is 9.90 Å². The van der Waals surface area contributed by atoms with E-state index in [2.05, 4.69) is 25.8 Å². The lowest BCUT2D eigenvalue weighted by molar-refractivity contribution is 0.0698. The molecule has 0 bridgehead atoms. The molecule has 0 radical (unpaired) electrons. The van der Waals surface area contributed by atoms with Gasteiger partial charge in [-0.1, -0.05) is 39.0 Å². The van der Waals surface area contributed by atoms with Gasteiger partial charge in [-0.25, -0.2) is 9.78 Å². The van der Waals surface area contributed by atoms with Crippen LogP contribution in [0.3, 0.4) is 0 Å². The summed E-state index contributed by atoms with van der Waals surface area (Å²) in [5.41, 5.74) is 1.04. The summed E-state index contributed by atoms with van der Waals surface area (Å²) in [5, 5.41) is 10.7. The zero-order valence-corrected chi connectivity index (χ0v) is 11.4. The van der Waals surface area contributed by atoms with Crippen LogP contribution in [0.5, 0.6) is 0 Å². The third-order valence-electron chi connectivity index (χ3n) is 2.33. The minimum absolute atomic E-state index is 0.00519. The fraction of sp³-hybridized carbons (Fsp3) is 0.286. The Labute approximate surface area is 110 Å². The second-order valence-electron chi connectivity index (χ2n) is 5.04. The Kier molecular flexibility index (Phi) is 3.30. The molecular formula is C14H15NO2S. The topological polar surface area (TPSA) is 50.2 Å². The van der Waals surface area contributed by atoms with Crippen LogP contribution in [0.4, 0.5) is 0 Å². The normalized spacial score (nSPS) is 11.7. The van der Waals surface area contributed by atoms with Crippen LogP contribution in [0.15, 0.2) is 35.4 Å². The number of para-hydroxylation sites is 1. The quantitative estimate of drug-likeness (QED) is 0.835. The van der Waals surface area contributed by atoms with Crippen molar-refractivity contribution in [1.29, 1.82) is 0 Å². The highest BCUT2D eigenvalue weighted by atomic mass is 32.2. The van der Waals surface area contributed by atoms with E-state index in [0.29, 0.717) is 10.9 Å². The Morgan fingerprint density at radius 2 is 1.94 bits per heavy atom. The molecule has 3 nitrogen and oxygen atoms in total. The summed E-state index contributed by atoms with van der Waals surface area (Å²) in [5.74, 6) is -0.913. The third kappa shape index (κ3) is 2.82. The molecule has 1 aromatic carbocycles. The van der Waals surface area contributed by atoms with Crippen LogP contribution >= 0.6 is 11.8 Å². The van der Waals surface area contributed by atoms with Gasteiger partial charge in [0, 0.05) is 10.1 Å². The second kappa shape index (κ2) is 4.61. The first kappa shape index (κ1) is 12.9. The van der Waals surface area contributed by atoms with Gasteiger partial charge in [0.1, 0.15) is 0 Å². The number of nitrogens with zero attached hydrogens (tertiary/aromatic N) is 1. The Balaban J connectivity index is 2.61. The van der Waals surface area contributed by atoms with Crippen molar-refractivity contribution in [3.63, 3.8) is 0 Å². The van der Waals surface area contributed by atoms with Gasteiger partial charge in [0.2, 0.25) is 0 Å². The van der Waals surface area contributed by atoms with Gasteiger partial charge in [-0.3, -0.25) is 0 Å². The van der Waals surface area contributed by atoms with Gasteiger partial charge in [0.15, 0.2) is 0 Å². The van der Waals surface area contributed by atoms with Crippen LogP contribution in [-0.4, -0.2) is 20.8 Å². The molecule has 0 spiro atoms. The molecule has 2 aromatic rings. The van der Waals surface area contributed by atoms with E-state index in [1.165, 1.54) is 0 Å². The molecule has 0 saturated heterocycles. The zero-order chi connectivity index (χ0) is 13.3. The van der Waals surface area contributed by atoms with Crippen LogP contribution < -0.4 is 0 Å². The Morgan fingerprint density at radius 1 is 1.28 bits per heavy atom. The second-order valence-corrected chi connectivity index (χ2v) is 6.89. The lowest BCUT2D eigenvalue weighted by atomic mass is 10.1. The smallest absolute Gasteiger partial charge is 0.336 e. The molecule has 18 heavy (non-hydrogen) atoms. The number of hydrogen-bond acceptors (Lipinski definition) is 3. The molecule has 2 rings (SSSR count). The summed E-state index contributed by atoms with van der Waals surface area (Å²) in [4.78, 5) is 15.8. The molecule has 1 aromatic heterocycles. The minimum atomic E-state index is -0.913. The highest BCUT2D eigenvalue weighted by molar-refractivity contribution is 8.00. The summed E-state index contributed by atoms with van der Waals surface area (Å²) in [7, 11) is 0. The highest BCUT2D eigenvalue weighted by Gasteiger charge is 2.17. The summed E-state index contributed by atoms with van der Waals surface area (Å²) < 4.78 is 0.00519. The predicted octanol–water partition coefficient (Wildman–Crippen LogP) is 3.82. The number of aromatic nitrogens is 1. The maximum atomic E-state index is 11.3. The van der Waals surface area contributed by atoms with Crippen LogP contribution in [0.2, 0.25) is 0 Å². The number of carbonyl (C=O) groups is 1. The Morgan fingerprint density at radius 3 is 2.56 bits per heavy atom. The first-order chi connectivity index (χ1) is 8.37. The van der Waals surface area contributed by atoms with Crippen molar-refractivity contribution in [3.8, 4) is 0 Å². The lowest BCUT2D eigenvalue weighted by Gasteiger charge is -2.17. The SMILES string of the molecule is CC(C)(C)Sc1cc(C(=O)O)c2ccccc2n1. The molecule has 0 amide bonds. The number of hydrogen-bond donors (Lipinski definition) is 1. The zero-order valence-electron chi connectivity index (χ0n) is 10.6. The number of pyridine rings is 1. The number of fused-ring (bicyclic) bond motifs is 1. The van der Waals surface area contributed by atoms with Gasteiger partial charge in [0.25, 0.3) is 0 Å². The average molecular weight is 261 g/mol. The molecule has 0 aliphatic heterocycles. The summed E-state index contributed by atoms with van der Waals surface area (Å²) in [6.45, 7) is 6.24. The van der Waals surface area contributed by atoms with E-state index >= 15 is 0 Å². The lowest BCUT2D eigenvalue weighted by Crippen LogP contribution is -2.08. The fourth-order valence-electron chi connectivity index (χ4n) is 1.69. The molecule has 0 fully saturated rings.